The van der Waals surface area contributed by atoms with E-state index in [4.69, 9.17) is 31.8 Å². The Balaban J connectivity index is 1.44. The maximum atomic E-state index is 13.8. The molecule has 1 heterocycles. The normalized spacial score (nSPS) is 16.9. The summed E-state index contributed by atoms with van der Waals surface area (Å²) in [5.41, 5.74) is 6.88. The third kappa shape index (κ3) is 6.03. The zero-order chi connectivity index (χ0) is 27.9. The molecule has 9 heteroatoms. The number of aliphatic hydroxyl groups is 1. The number of methoxy groups -OCH3 is 1. The molecule has 3 aromatic rings. The molecule has 2 aliphatic rings. The number of carbonyl (C=O) groups is 1. The number of carbonyl (C=O) groups excluding carboxylic acids is 1. The molecule has 0 spiro atoms. The summed E-state index contributed by atoms with van der Waals surface area (Å²) in [6, 6.07) is 13.0. The maximum absolute atomic E-state index is 13.8. The van der Waals surface area contributed by atoms with Gasteiger partial charge in [-0.2, -0.15) is 0 Å². The zero-order valence-electron chi connectivity index (χ0n) is 22.3. The molecule has 39 heavy (non-hydrogen) atoms. The van der Waals surface area contributed by atoms with Crippen LogP contribution < -0.4 is 20.5 Å². The topological polar surface area (TPSA) is 107 Å². The minimum absolute atomic E-state index is 0.0260. The van der Waals surface area contributed by atoms with Gasteiger partial charge < -0.3 is 25.6 Å². The van der Waals surface area contributed by atoms with E-state index < -0.39 is 17.0 Å². The fourth-order valence-electron chi connectivity index (χ4n) is 4.52. The Morgan fingerprint density at radius 1 is 1.13 bits per heavy atom. The van der Waals surface area contributed by atoms with Crippen LogP contribution in [0.3, 0.4) is 0 Å². The standard InChI is InChI=1S/C30H33ClFN3O4/c1-29(2,33)20-14-24(17-4-10-23(32)22(31)12-17)35-27(15-20)30(37,19-6-7-19)16-34-28(36)18-5-11-25(26(13-18)38-3)39-21-8-9-21/h4-5,10-15,19,21,37H,6-9,16,33H2,1-3H3,(H,34,36). The molecule has 2 fully saturated rings. The van der Waals surface area contributed by atoms with Crippen LogP contribution in [0.25, 0.3) is 11.3 Å². The highest BCUT2D eigenvalue weighted by Crippen LogP contribution is 2.46. The Hall–Kier alpha value is -3.20. The predicted molar refractivity (Wildman–Crippen MR) is 147 cm³/mol. The van der Waals surface area contributed by atoms with Gasteiger partial charge >= 0.3 is 0 Å². The highest BCUT2D eigenvalue weighted by atomic mass is 35.5. The fourth-order valence-corrected chi connectivity index (χ4v) is 4.70. The van der Waals surface area contributed by atoms with Crippen molar-refractivity contribution in [1.29, 1.82) is 0 Å². The summed E-state index contributed by atoms with van der Waals surface area (Å²) in [6.45, 7) is 3.66. The fraction of sp³-hybridized carbons (Fsp3) is 0.400. The lowest BCUT2D eigenvalue weighted by Gasteiger charge is -2.30. The van der Waals surface area contributed by atoms with Gasteiger partial charge in [0.1, 0.15) is 11.4 Å². The average molecular weight is 554 g/mol. The van der Waals surface area contributed by atoms with Gasteiger partial charge in [-0.05, 0) is 99.5 Å². The Morgan fingerprint density at radius 2 is 1.87 bits per heavy atom. The van der Waals surface area contributed by atoms with Crippen LogP contribution in [0.5, 0.6) is 11.5 Å². The molecule has 1 atom stereocenters. The van der Waals surface area contributed by atoms with Gasteiger partial charge in [0.25, 0.3) is 5.91 Å². The van der Waals surface area contributed by atoms with E-state index in [1.165, 1.54) is 19.2 Å². The second-order valence-electron chi connectivity index (χ2n) is 11.0. The third-order valence-electron chi connectivity index (χ3n) is 7.24. The van der Waals surface area contributed by atoms with E-state index in [9.17, 15) is 14.3 Å². The summed E-state index contributed by atoms with van der Waals surface area (Å²) in [7, 11) is 1.53. The van der Waals surface area contributed by atoms with Crippen LogP contribution in [0.2, 0.25) is 5.02 Å². The minimum atomic E-state index is -1.44. The molecule has 2 saturated carbocycles. The molecule has 206 valence electrons. The second-order valence-corrected chi connectivity index (χ2v) is 11.4. The van der Waals surface area contributed by atoms with E-state index in [-0.39, 0.29) is 29.5 Å². The van der Waals surface area contributed by atoms with E-state index >= 15 is 0 Å². The molecule has 0 aliphatic heterocycles. The largest absolute Gasteiger partial charge is 0.493 e. The van der Waals surface area contributed by atoms with E-state index in [0.717, 1.165) is 31.2 Å². The summed E-state index contributed by atoms with van der Waals surface area (Å²) in [5, 5.41) is 14.8. The lowest BCUT2D eigenvalue weighted by atomic mass is 9.87. The van der Waals surface area contributed by atoms with E-state index in [2.05, 4.69) is 5.32 Å². The van der Waals surface area contributed by atoms with Crippen molar-refractivity contribution in [2.24, 2.45) is 11.7 Å². The maximum Gasteiger partial charge on any atom is 0.251 e. The number of nitrogens with one attached hydrogen (secondary N) is 1. The number of pyridine rings is 1. The molecule has 0 radical (unpaired) electrons. The summed E-state index contributed by atoms with van der Waals surface area (Å²) in [5.74, 6) is 0.108. The monoisotopic (exact) mass is 553 g/mol. The highest BCUT2D eigenvalue weighted by Gasteiger charge is 2.47. The van der Waals surface area contributed by atoms with Crippen molar-refractivity contribution in [2.75, 3.05) is 13.7 Å². The molecule has 4 N–H and O–H groups in total. The van der Waals surface area contributed by atoms with Crippen molar-refractivity contribution in [2.45, 2.75) is 56.8 Å². The molecule has 5 rings (SSSR count). The second kappa shape index (κ2) is 10.4. The predicted octanol–water partition coefficient (Wildman–Crippen LogP) is 5.31. The number of aromatic nitrogens is 1. The van der Waals surface area contributed by atoms with Crippen LogP contribution >= 0.6 is 11.6 Å². The number of hydrogen-bond donors (Lipinski definition) is 3. The number of nitrogens with zero attached hydrogens (tertiary/aromatic N) is 1. The van der Waals surface area contributed by atoms with Crippen LogP contribution in [0.4, 0.5) is 4.39 Å². The van der Waals surface area contributed by atoms with Crippen molar-refractivity contribution >= 4 is 17.5 Å². The third-order valence-corrected chi connectivity index (χ3v) is 7.53. The van der Waals surface area contributed by atoms with Gasteiger partial charge in [-0.25, -0.2) is 9.37 Å². The van der Waals surface area contributed by atoms with Gasteiger partial charge in [-0.15, -0.1) is 0 Å². The molecule has 1 aromatic heterocycles. The van der Waals surface area contributed by atoms with Crippen molar-refractivity contribution < 1.29 is 23.8 Å². The van der Waals surface area contributed by atoms with Crippen LogP contribution in [-0.4, -0.2) is 35.8 Å². The minimum Gasteiger partial charge on any atom is -0.493 e. The van der Waals surface area contributed by atoms with E-state index in [0.29, 0.717) is 34.0 Å². The number of nitrogens with two attached hydrogens (primary N) is 1. The Morgan fingerprint density at radius 3 is 2.49 bits per heavy atom. The molecular weight excluding hydrogens is 521 g/mol. The van der Waals surface area contributed by atoms with Gasteiger partial charge in [-0.1, -0.05) is 11.6 Å². The molecule has 1 amide bonds. The van der Waals surface area contributed by atoms with E-state index in [1.54, 1.807) is 30.3 Å². The van der Waals surface area contributed by atoms with Crippen molar-refractivity contribution in [1.82, 2.24) is 10.3 Å². The molecule has 2 aliphatic carbocycles. The van der Waals surface area contributed by atoms with Crippen LogP contribution in [0, 0.1) is 11.7 Å². The summed E-state index contributed by atoms with van der Waals surface area (Å²) in [6.07, 6.45) is 3.81. The smallest absolute Gasteiger partial charge is 0.251 e. The molecule has 1 unspecified atom stereocenters. The number of benzene rings is 2. The van der Waals surface area contributed by atoms with Gasteiger partial charge in [-0.3, -0.25) is 4.79 Å². The van der Waals surface area contributed by atoms with Gasteiger partial charge in [0.05, 0.1) is 36.2 Å². The van der Waals surface area contributed by atoms with Crippen LogP contribution in [0.15, 0.2) is 48.5 Å². The number of hydrogen-bond acceptors (Lipinski definition) is 6. The Bertz CT molecular complexity index is 1400. The van der Waals surface area contributed by atoms with Crippen LogP contribution in [-0.2, 0) is 11.1 Å². The van der Waals surface area contributed by atoms with Crippen molar-refractivity contribution in [3.8, 4) is 22.8 Å². The van der Waals surface area contributed by atoms with Gasteiger partial charge in [0.15, 0.2) is 11.5 Å². The lowest BCUT2D eigenvalue weighted by Crippen LogP contribution is -2.43. The lowest BCUT2D eigenvalue weighted by molar-refractivity contribution is 0.00945. The summed E-state index contributed by atoms with van der Waals surface area (Å²) in [4.78, 5) is 17.9. The highest BCUT2D eigenvalue weighted by molar-refractivity contribution is 6.31. The summed E-state index contributed by atoms with van der Waals surface area (Å²) < 4.78 is 25.1. The van der Waals surface area contributed by atoms with Crippen molar-refractivity contribution in [3.63, 3.8) is 0 Å². The Labute approximate surface area is 232 Å². The first-order chi connectivity index (χ1) is 18.5. The van der Waals surface area contributed by atoms with E-state index in [1.807, 2.05) is 19.9 Å². The molecule has 0 bridgehead atoms. The molecule has 7 nitrogen and oxygen atoms in total. The number of amides is 1. The van der Waals surface area contributed by atoms with Gasteiger partial charge in [0.2, 0.25) is 0 Å². The first kappa shape index (κ1) is 27.4. The van der Waals surface area contributed by atoms with Crippen molar-refractivity contribution in [3.05, 3.63) is 76.2 Å². The summed E-state index contributed by atoms with van der Waals surface area (Å²) >= 11 is 6.04. The SMILES string of the molecule is COc1cc(C(=O)NCC(O)(c2cc(C(C)(C)N)cc(-c3ccc(F)c(Cl)c3)n2)C2CC2)ccc1OC1CC1. The molecule has 2 aromatic carbocycles. The number of ether oxygens (including phenoxy) is 2. The molecule has 0 saturated heterocycles. The Kier molecular flexibility index (Phi) is 7.31. The first-order valence-corrected chi connectivity index (χ1v) is 13.5. The average Bonchev–Trinajstić information content (AvgIpc) is 3.83. The van der Waals surface area contributed by atoms with Crippen LogP contribution in [0.1, 0.15) is 61.1 Å². The first-order valence-electron chi connectivity index (χ1n) is 13.1. The van der Waals surface area contributed by atoms with Gasteiger partial charge in [0, 0.05) is 16.7 Å². The number of rotatable bonds is 10. The zero-order valence-corrected chi connectivity index (χ0v) is 23.0. The number of halogens is 2. The quantitative estimate of drug-likeness (QED) is 0.314. The molecular formula is C30H33ClFN3O4.